The highest BCUT2D eigenvalue weighted by molar-refractivity contribution is 6.00. The van der Waals surface area contributed by atoms with E-state index in [0.29, 0.717) is 5.56 Å². The normalized spacial score (nSPS) is 15.7. The Hall–Kier alpha value is -2.50. The smallest absolute Gasteiger partial charge is 0.271 e. The summed E-state index contributed by atoms with van der Waals surface area (Å²) in [5.41, 5.74) is 7.41. The number of nitrogens with one attached hydrogen (secondary N) is 1. The van der Waals surface area contributed by atoms with Crippen LogP contribution in [0.2, 0.25) is 0 Å². The third-order valence-corrected chi connectivity index (χ3v) is 4.52. The fourth-order valence-corrected chi connectivity index (χ4v) is 2.84. The van der Waals surface area contributed by atoms with Gasteiger partial charge in [-0.15, -0.1) is 0 Å². The van der Waals surface area contributed by atoms with E-state index in [9.17, 15) is 4.79 Å². The molecule has 1 aliphatic heterocycles. The van der Waals surface area contributed by atoms with Crippen molar-refractivity contribution >= 4 is 11.6 Å². The summed E-state index contributed by atoms with van der Waals surface area (Å²) in [6, 6.07) is 15.8. The van der Waals surface area contributed by atoms with Crippen molar-refractivity contribution in [2.45, 2.75) is 20.4 Å². The van der Waals surface area contributed by atoms with E-state index in [1.165, 1.54) is 11.1 Å². The summed E-state index contributed by atoms with van der Waals surface area (Å²) in [5, 5.41) is 4.21. The summed E-state index contributed by atoms with van der Waals surface area (Å²) in [4.78, 5) is 14.6. The number of hydrazone groups is 1. The van der Waals surface area contributed by atoms with Crippen LogP contribution in [-0.4, -0.2) is 42.8 Å². The number of benzene rings is 2. The fraction of sp³-hybridized carbons (Fsp3) is 0.333. The van der Waals surface area contributed by atoms with Crippen molar-refractivity contribution in [1.82, 2.24) is 10.3 Å². The van der Waals surface area contributed by atoms with Crippen LogP contribution in [0.1, 0.15) is 34.0 Å². The minimum Gasteiger partial charge on any atom is -0.379 e. The highest BCUT2D eigenvalue weighted by Crippen LogP contribution is 2.10. The van der Waals surface area contributed by atoms with E-state index in [2.05, 4.69) is 15.4 Å². The maximum absolute atomic E-state index is 12.3. The van der Waals surface area contributed by atoms with E-state index < -0.39 is 0 Å². The largest absolute Gasteiger partial charge is 0.379 e. The molecule has 1 N–H and O–H groups in total. The molecular formula is C21H25N3O2. The maximum Gasteiger partial charge on any atom is 0.271 e. The number of aryl methyl sites for hydroxylation is 1. The SMILES string of the molecule is C/C(=N/NC(=O)c1ccc(CN2CCOCC2)cc1)c1ccc(C)cc1. The van der Waals surface area contributed by atoms with Gasteiger partial charge in [-0.2, -0.15) is 5.10 Å². The molecule has 0 atom stereocenters. The van der Waals surface area contributed by atoms with Crippen LogP contribution in [0.5, 0.6) is 0 Å². The number of morpholine rings is 1. The molecule has 1 saturated heterocycles. The zero-order valence-corrected chi connectivity index (χ0v) is 15.4. The Balaban J connectivity index is 1.57. The number of amides is 1. The lowest BCUT2D eigenvalue weighted by molar-refractivity contribution is 0.0342. The number of hydrogen-bond acceptors (Lipinski definition) is 4. The minimum absolute atomic E-state index is 0.200. The molecule has 1 heterocycles. The Morgan fingerprint density at radius 3 is 2.31 bits per heavy atom. The van der Waals surface area contributed by atoms with E-state index >= 15 is 0 Å². The first-order valence-electron chi connectivity index (χ1n) is 8.92. The summed E-state index contributed by atoms with van der Waals surface area (Å²) < 4.78 is 5.36. The van der Waals surface area contributed by atoms with E-state index in [-0.39, 0.29) is 5.91 Å². The molecular weight excluding hydrogens is 326 g/mol. The van der Waals surface area contributed by atoms with Crippen LogP contribution in [-0.2, 0) is 11.3 Å². The first-order valence-corrected chi connectivity index (χ1v) is 8.92. The van der Waals surface area contributed by atoms with Crippen molar-refractivity contribution in [3.8, 4) is 0 Å². The van der Waals surface area contributed by atoms with Crippen molar-refractivity contribution < 1.29 is 9.53 Å². The van der Waals surface area contributed by atoms with Gasteiger partial charge in [0.1, 0.15) is 0 Å². The van der Waals surface area contributed by atoms with Gasteiger partial charge in [-0.3, -0.25) is 9.69 Å². The Labute approximate surface area is 154 Å². The van der Waals surface area contributed by atoms with Gasteiger partial charge in [0, 0.05) is 25.2 Å². The molecule has 0 unspecified atom stereocenters. The number of rotatable bonds is 5. The molecule has 1 aliphatic rings. The molecule has 3 rings (SSSR count). The lowest BCUT2D eigenvalue weighted by atomic mass is 10.1. The van der Waals surface area contributed by atoms with Crippen LogP contribution in [0.25, 0.3) is 0 Å². The topological polar surface area (TPSA) is 53.9 Å². The molecule has 0 aliphatic carbocycles. The van der Waals surface area contributed by atoms with Gasteiger partial charge in [-0.05, 0) is 37.1 Å². The predicted octanol–water partition coefficient (Wildman–Crippen LogP) is 2.98. The van der Waals surface area contributed by atoms with Crippen molar-refractivity contribution in [3.63, 3.8) is 0 Å². The van der Waals surface area contributed by atoms with Gasteiger partial charge in [0.25, 0.3) is 5.91 Å². The summed E-state index contributed by atoms with van der Waals surface area (Å²) >= 11 is 0. The van der Waals surface area contributed by atoms with Gasteiger partial charge in [-0.1, -0.05) is 42.0 Å². The summed E-state index contributed by atoms with van der Waals surface area (Å²) in [6.07, 6.45) is 0. The van der Waals surface area contributed by atoms with Crippen LogP contribution in [0.3, 0.4) is 0 Å². The van der Waals surface area contributed by atoms with E-state index in [1.54, 1.807) is 0 Å². The predicted molar refractivity (Wildman–Crippen MR) is 103 cm³/mol. The average molecular weight is 351 g/mol. The zero-order chi connectivity index (χ0) is 18.4. The van der Waals surface area contributed by atoms with Crippen molar-refractivity contribution in [2.24, 2.45) is 5.10 Å². The van der Waals surface area contributed by atoms with Gasteiger partial charge in [0.15, 0.2) is 0 Å². The van der Waals surface area contributed by atoms with E-state index in [0.717, 1.165) is 44.1 Å². The molecule has 1 fully saturated rings. The third kappa shape index (κ3) is 5.00. The molecule has 2 aromatic carbocycles. The van der Waals surface area contributed by atoms with Crippen LogP contribution < -0.4 is 5.43 Å². The molecule has 0 spiro atoms. The van der Waals surface area contributed by atoms with E-state index in [1.807, 2.05) is 62.4 Å². The van der Waals surface area contributed by atoms with Crippen molar-refractivity contribution in [1.29, 1.82) is 0 Å². The monoisotopic (exact) mass is 351 g/mol. The van der Waals surface area contributed by atoms with Gasteiger partial charge in [0.2, 0.25) is 0 Å². The second kappa shape index (κ2) is 8.74. The van der Waals surface area contributed by atoms with E-state index in [4.69, 9.17) is 4.74 Å². The second-order valence-corrected chi connectivity index (χ2v) is 6.59. The Kier molecular flexibility index (Phi) is 6.15. The number of carbonyl (C=O) groups excluding carboxylic acids is 1. The molecule has 0 saturated carbocycles. The van der Waals surface area contributed by atoms with Gasteiger partial charge >= 0.3 is 0 Å². The molecule has 1 amide bonds. The average Bonchev–Trinajstić information content (AvgIpc) is 2.68. The van der Waals surface area contributed by atoms with Gasteiger partial charge in [-0.25, -0.2) is 5.43 Å². The lowest BCUT2D eigenvalue weighted by Gasteiger charge is -2.26. The van der Waals surface area contributed by atoms with Gasteiger partial charge < -0.3 is 4.74 Å². The van der Waals surface area contributed by atoms with Crippen LogP contribution in [0.15, 0.2) is 53.6 Å². The lowest BCUT2D eigenvalue weighted by Crippen LogP contribution is -2.35. The molecule has 136 valence electrons. The molecule has 2 aromatic rings. The Morgan fingerprint density at radius 1 is 1.04 bits per heavy atom. The minimum atomic E-state index is -0.200. The van der Waals surface area contributed by atoms with Crippen molar-refractivity contribution in [2.75, 3.05) is 26.3 Å². The first kappa shape index (κ1) is 18.3. The number of ether oxygens (including phenoxy) is 1. The van der Waals surface area contributed by atoms with Gasteiger partial charge in [0.05, 0.1) is 18.9 Å². The quantitative estimate of drug-likeness (QED) is 0.666. The molecule has 26 heavy (non-hydrogen) atoms. The standard InChI is InChI=1S/C21H25N3O2/c1-16-3-7-19(8-4-16)17(2)22-23-21(25)20-9-5-18(6-10-20)15-24-11-13-26-14-12-24/h3-10H,11-15H2,1-2H3,(H,23,25)/b22-17-. The highest BCUT2D eigenvalue weighted by atomic mass is 16.5. The summed E-state index contributed by atoms with van der Waals surface area (Å²) in [5.74, 6) is -0.200. The molecule has 0 radical (unpaired) electrons. The Morgan fingerprint density at radius 2 is 1.65 bits per heavy atom. The molecule has 0 bridgehead atoms. The molecule has 5 heteroatoms. The Bertz CT molecular complexity index is 761. The number of nitrogens with zero attached hydrogens (tertiary/aromatic N) is 2. The maximum atomic E-state index is 12.3. The molecule has 0 aromatic heterocycles. The number of hydrogen-bond donors (Lipinski definition) is 1. The fourth-order valence-electron chi connectivity index (χ4n) is 2.84. The summed E-state index contributed by atoms with van der Waals surface area (Å²) in [6.45, 7) is 8.30. The van der Waals surface area contributed by atoms with Crippen LogP contribution >= 0.6 is 0 Å². The highest BCUT2D eigenvalue weighted by Gasteiger charge is 2.11. The number of carbonyl (C=O) groups is 1. The van der Waals surface area contributed by atoms with Crippen LogP contribution in [0, 0.1) is 6.92 Å². The summed E-state index contributed by atoms with van der Waals surface area (Å²) in [7, 11) is 0. The third-order valence-electron chi connectivity index (χ3n) is 4.52. The van der Waals surface area contributed by atoms with Crippen LogP contribution in [0.4, 0.5) is 0 Å². The second-order valence-electron chi connectivity index (χ2n) is 6.59. The van der Waals surface area contributed by atoms with Crippen molar-refractivity contribution in [3.05, 3.63) is 70.8 Å². The zero-order valence-electron chi connectivity index (χ0n) is 15.4. The molecule has 5 nitrogen and oxygen atoms in total. The first-order chi connectivity index (χ1) is 12.6.